The highest BCUT2D eigenvalue weighted by molar-refractivity contribution is 5.93. The molecule has 3 heteroatoms. The van der Waals surface area contributed by atoms with E-state index in [1.165, 1.54) is 0 Å². The maximum absolute atomic E-state index is 11.9. The van der Waals surface area contributed by atoms with Crippen LogP contribution >= 0.6 is 0 Å². The lowest BCUT2D eigenvalue weighted by atomic mass is 9.96. The first-order chi connectivity index (χ1) is 9.31. The molecule has 1 atom stereocenters. The monoisotopic (exact) mass is 259 g/mol. The van der Waals surface area contributed by atoms with E-state index in [9.17, 15) is 4.79 Å². The van der Waals surface area contributed by atoms with Crippen LogP contribution in [-0.4, -0.2) is 24.2 Å². The third kappa shape index (κ3) is 3.93. The van der Waals surface area contributed by atoms with Gasteiger partial charge in [-0.25, -0.2) is 0 Å². The lowest BCUT2D eigenvalue weighted by molar-refractivity contribution is -0.117. The summed E-state index contributed by atoms with van der Waals surface area (Å²) in [4.78, 5) is 11.9. The van der Waals surface area contributed by atoms with Crippen LogP contribution in [0.4, 0.5) is 0 Å². The minimum atomic E-state index is 0.0522. The smallest absolute Gasteiger partial charge is 0.246 e. The van der Waals surface area contributed by atoms with Crippen molar-refractivity contribution in [1.82, 2.24) is 5.32 Å². The molecule has 102 valence electrons. The second-order valence-electron chi connectivity index (χ2n) is 4.95. The van der Waals surface area contributed by atoms with Gasteiger partial charge in [-0.05, 0) is 31.2 Å². The predicted octanol–water partition coefficient (Wildman–Crippen LogP) is 2.38. The van der Waals surface area contributed by atoms with Gasteiger partial charge in [0, 0.05) is 24.6 Å². The molecule has 0 spiro atoms. The molecule has 0 bridgehead atoms. The van der Waals surface area contributed by atoms with Gasteiger partial charge in [-0.15, -0.1) is 0 Å². The van der Waals surface area contributed by atoms with E-state index in [4.69, 9.17) is 5.11 Å². The van der Waals surface area contributed by atoms with Crippen molar-refractivity contribution in [2.75, 3.05) is 13.2 Å². The average molecular weight is 259 g/mol. The van der Waals surface area contributed by atoms with Gasteiger partial charge < -0.3 is 10.4 Å². The number of allylic oxidation sites excluding steroid dienone is 1. The number of hydrogen-bond acceptors (Lipinski definition) is 2. The number of amides is 1. The van der Waals surface area contributed by atoms with E-state index in [2.05, 4.69) is 5.32 Å². The molecule has 1 unspecified atom stereocenters. The lowest BCUT2D eigenvalue weighted by Crippen LogP contribution is -2.29. The van der Waals surface area contributed by atoms with Crippen molar-refractivity contribution in [3.63, 3.8) is 0 Å². The molecule has 1 aromatic carbocycles. The molecule has 0 heterocycles. The fourth-order valence-corrected chi connectivity index (χ4v) is 2.47. The van der Waals surface area contributed by atoms with Crippen LogP contribution in [0, 0.1) is 0 Å². The highest BCUT2D eigenvalue weighted by Gasteiger charge is 2.16. The van der Waals surface area contributed by atoms with Gasteiger partial charge in [0.2, 0.25) is 5.91 Å². The summed E-state index contributed by atoms with van der Waals surface area (Å²) in [7, 11) is 0. The first kappa shape index (κ1) is 13.8. The van der Waals surface area contributed by atoms with E-state index >= 15 is 0 Å². The normalized spacial score (nSPS) is 15.9. The quantitative estimate of drug-likeness (QED) is 0.824. The Morgan fingerprint density at radius 1 is 1.32 bits per heavy atom. The number of hydrogen-bond donors (Lipinski definition) is 2. The Morgan fingerprint density at radius 2 is 2.11 bits per heavy atom. The first-order valence-corrected chi connectivity index (χ1v) is 6.94. The minimum absolute atomic E-state index is 0.0522. The number of rotatable bonds is 6. The summed E-state index contributed by atoms with van der Waals surface area (Å²) >= 11 is 0. The maximum atomic E-state index is 11.9. The topological polar surface area (TPSA) is 49.3 Å². The van der Waals surface area contributed by atoms with Gasteiger partial charge >= 0.3 is 0 Å². The van der Waals surface area contributed by atoms with Crippen LogP contribution in [0.15, 0.2) is 42.0 Å². The lowest BCUT2D eigenvalue weighted by Gasteiger charge is -2.17. The number of aliphatic hydroxyl groups is 1. The van der Waals surface area contributed by atoms with Gasteiger partial charge in [-0.3, -0.25) is 4.79 Å². The molecule has 0 saturated heterocycles. The summed E-state index contributed by atoms with van der Waals surface area (Å²) in [6, 6.07) is 10.0. The van der Waals surface area contributed by atoms with Crippen molar-refractivity contribution in [2.45, 2.75) is 31.6 Å². The number of carbonyl (C=O) groups excluding carboxylic acids is 1. The molecule has 2 N–H and O–H groups in total. The molecule has 0 fully saturated rings. The van der Waals surface area contributed by atoms with E-state index in [0.29, 0.717) is 13.0 Å². The Hall–Kier alpha value is -1.61. The van der Waals surface area contributed by atoms with Gasteiger partial charge in [0.1, 0.15) is 0 Å². The average Bonchev–Trinajstić information content (AvgIpc) is 2.98. The zero-order chi connectivity index (χ0) is 13.5. The molecule has 1 aromatic rings. The standard InChI is InChI=1S/C16H21NO2/c18-11-10-15(13-6-2-1-3-7-13)12-17-16(19)14-8-4-5-9-14/h1-3,6-8,15,18H,4-5,9-12H2,(H,17,19). The van der Waals surface area contributed by atoms with Gasteiger partial charge in [-0.1, -0.05) is 36.4 Å². The number of aliphatic hydroxyl groups excluding tert-OH is 1. The van der Waals surface area contributed by atoms with Crippen molar-refractivity contribution >= 4 is 5.91 Å². The number of carbonyl (C=O) groups is 1. The molecule has 0 aliphatic heterocycles. The highest BCUT2D eigenvalue weighted by Crippen LogP contribution is 2.20. The van der Waals surface area contributed by atoms with Gasteiger partial charge in [0.05, 0.1) is 0 Å². The fourth-order valence-electron chi connectivity index (χ4n) is 2.47. The van der Waals surface area contributed by atoms with Crippen LogP contribution in [0.1, 0.15) is 37.2 Å². The zero-order valence-corrected chi connectivity index (χ0v) is 11.1. The summed E-state index contributed by atoms with van der Waals surface area (Å²) in [5.74, 6) is 0.230. The Labute approximate surface area is 114 Å². The first-order valence-electron chi connectivity index (χ1n) is 6.94. The highest BCUT2D eigenvalue weighted by atomic mass is 16.3. The molecule has 3 nitrogen and oxygen atoms in total. The van der Waals surface area contributed by atoms with Crippen LogP contribution in [0.3, 0.4) is 0 Å². The molecule has 1 aliphatic carbocycles. The van der Waals surface area contributed by atoms with E-state index in [-0.39, 0.29) is 18.4 Å². The molecular weight excluding hydrogens is 238 g/mol. The second kappa shape index (κ2) is 7.10. The molecule has 0 radical (unpaired) electrons. The number of nitrogens with one attached hydrogen (secondary N) is 1. The summed E-state index contributed by atoms with van der Waals surface area (Å²) in [6.45, 7) is 0.721. The summed E-state index contributed by atoms with van der Waals surface area (Å²) in [5.41, 5.74) is 2.08. The summed E-state index contributed by atoms with van der Waals surface area (Å²) < 4.78 is 0. The second-order valence-corrected chi connectivity index (χ2v) is 4.95. The van der Waals surface area contributed by atoms with Crippen LogP contribution in [0.25, 0.3) is 0 Å². The summed E-state index contributed by atoms with van der Waals surface area (Å²) in [6.07, 6.45) is 5.69. The largest absolute Gasteiger partial charge is 0.396 e. The van der Waals surface area contributed by atoms with Crippen molar-refractivity contribution in [3.8, 4) is 0 Å². The van der Waals surface area contributed by atoms with Crippen molar-refractivity contribution < 1.29 is 9.90 Å². The van der Waals surface area contributed by atoms with Crippen LogP contribution in [0.5, 0.6) is 0 Å². The van der Waals surface area contributed by atoms with Crippen molar-refractivity contribution in [1.29, 1.82) is 0 Å². The number of benzene rings is 1. The SMILES string of the molecule is O=C(NCC(CCO)c1ccccc1)C1=CCCC1. The maximum Gasteiger partial charge on any atom is 0.246 e. The van der Waals surface area contributed by atoms with Crippen molar-refractivity contribution in [3.05, 3.63) is 47.5 Å². The molecule has 2 rings (SSSR count). The van der Waals surface area contributed by atoms with Gasteiger partial charge in [-0.2, -0.15) is 0 Å². The van der Waals surface area contributed by atoms with E-state index < -0.39 is 0 Å². The third-order valence-electron chi connectivity index (χ3n) is 3.59. The predicted molar refractivity (Wildman–Crippen MR) is 75.8 cm³/mol. The Bertz CT molecular complexity index is 439. The fraction of sp³-hybridized carbons (Fsp3) is 0.438. The van der Waals surface area contributed by atoms with Crippen molar-refractivity contribution in [2.24, 2.45) is 0 Å². The summed E-state index contributed by atoms with van der Waals surface area (Å²) in [5, 5.41) is 12.1. The van der Waals surface area contributed by atoms with E-state index in [1.54, 1.807) is 0 Å². The molecular formula is C16H21NO2. The Kier molecular flexibility index (Phi) is 5.16. The minimum Gasteiger partial charge on any atom is -0.396 e. The van der Waals surface area contributed by atoms with Crippen LogP contribution < -0.4 is 5.32 Å². The van der Waals surface area contributed by atoms with Crippen LogP contribution in [0.2, 0.25) is 0 Å². The molecule has 19 heavy (non-hydrogen) atoms. The molecule has 0 saturated carbocycles. The zero-order valence-electron chi connectivity index (χ0n) is 11.1. The van der Waals surface area contributed by atoms with Gasteiger partial charge in [0.25, 0.3) is 0 Å². The van der Waals surface area contributed by atoms with E-state index in [0.717, 1.165) is 30.4 Å². The van der Waals surface area contributed by atoms with Crippen LogP contribution in [-0.2, 0) is 4.79 Å². The molecule has 0 aromatic heterocycles. The Morgan fingerprint density at radius 3 is 2.74 bits per heavy atom. The van der Waals surface area contributed by atoms with Gasteiger partial charge in [0.15, 0.2) is 0 Å². The molecule has 1 amide bonds. The van der Waals surface area contributed by atoms with E-state index in [1.807, 2.05) is 36.4 Å². The Balaban J connectivity index is 1.92. The molecule has 1 aliphatic rings. The third-order valence-corrected chi connectivity index (χ3v) is 3.59.